The molecule has 142 valence electrons. The molecule has 0 aromatic heterocycles. The summed E-state index contributed by atoms with van der Waals surface area (Å²) in [5.74, 6) is -4.60. The minimum absolute atomic E-state index is 0.185. The lowest BCUT2D eigenvalue weighted by atomic mass is 9.96. The minimum Gasteiger partial charge on any atom is -0.490 e. The van der Waals surface area contributed by atoms with Gasteiger partial charge >= 0.3 is 18.2 Å². The second-order valence-corrected chi connectivity index (χ2v) is 6.74. The highest BCUT2D eigenvalue weighted by Gasteiger charge is 2.53. The molecule has 0 aliphatic carbocycles. The fraction of sp³-hybridized carbons (Fsp3) is 0.529. The maximum atomic E-state index is 13.1. The number of halogens is 3. The molecule has 0 saturated carbocycles. The average Bonchev–Trinajstić information content (AvgIpc) is 3.15. The number of aliphatic carboxylic acids is 1. The first-order valence-electron chi connectivity index (χ1n) is 8.17. The number of hydrogen-bond acceptors (Lipinski definition) is 3. The molecule has 1 saturated heterocycles. The van der Waals surface area contributed by atoms with Crippen molar-refractivity contribution in [3.63, 3.8) is 0 Å². The predicted octanol–water partition coefficient (Wildman–Crippen LogP) is 2.64. The highest BCUT2D eigenvalue weighted by molar-refractivity contribution is 5.78. The molecule has 1 aromatic carbocycles. The van der Waals surface area contributed by atoms with Crippen molar-refractivity contribution < 1.29 is 32.6 Å². The number of nitrogens with one attached hydrogen (secondary N) is 1. The van der Waals surface area contributed by atoms with E-state index in [1.54, 1.807) is 0 Å². The number of carbonyl (C=O) groups excluding carboxylic acids is 1. The molecule has 3 rings (SSSR count). The molecule has 2 N–H and O–H groups in total. The van der Waals surface area contributed by atoms with Crippen LogP contribution in [-0.2, 0) is 4.79 Å². The monoisotopic (exact) mass is 372 g/mol. The number of fused-ring (bicyclic) bond motifs is 1. The second-order valence-electron chi connectivity index (χ2n) is 6.74. The molecule has 9 heteroatoms. The van der Waals surface area contributed by atoms with E-state index in [9.17, 15) is 22.8 Å². The molecule has 1 fully saturated rings. The molecule has 0 bridgehead atoms. The van der Waals surface area contributed by atoms with E-state index in [1.807, 2.05) is 26.0 Å². The summed E-state index contributed by atoms with van der Waals surface area (Å²) in [6.45, 7) is 2.87. The summed E-state index contributed by atoms with van der Waals surface area (Å²) in [7, 11) is 0. The van der Waals surface area contributed by atoms with E-state index < -0.39 is 49.1 Å². The average molecular weight is 372 g/mol. The number of carboxylic acids is 1. The summed E-state index contributed by atoms with van der Waals surface area (Å²) in [5, 5.41) is 11.7. The molecule has 3 atom stereocenters. The second kappa shape index (κ2) is 6.37. The van der Waals surface area contributed by atoms with Crippen LogP contribution in [0.5, 0.6) is 5.75 Å². The Kier molecular flexibility index (Phi) is 4.49. The standard InChI is InChI=1S/C17H19F3N2O4/c1-8-3-4-10-13(7-26-14(10)9(8)2)21-16(25)22-5-11(15(23)24)12(6-22)17(18,19)20/h3-4,11-13H,5-7H2,1-2H3,(H,21,25)(H,23,24)/t11-,12-,13?/m1/s1. The lowest BCUT2D eigenvalue weighted by molar-refractivity contribution is -0.187. The highest BCUT2D eigenvalue weighted by atomic mass is 19.4. The Labute approximate surface area is 147 Å². The van der Waals surface area contributed by atoms with E-state index in [2.05, 4.69) is 5.32 Å². The van der Waals surface area contributed by atoms with Crippen LogP contribution in [0, 0.1) is 25.7 Å². The van der Waals surface area contributed by atoms with E-state index in [0.717, 1.165) is 21.6 Å². The molecule has 1 unspecified atom stereocenters. The van der Waals surface area contributed by atoms with Crippen LogP contribution in [0.25, 0.3) is 0 Å². The molecule has 2 heterocycles. The molecule has 2 aliphatic rings. The summed E-state index contributed by atoms with van der Waals surface area (Å²) in [4.78, 5) is 24.4. The van der Waals surface area contributed by atoms with Crippen molar-refractivity contribution in [2.45, 2.75) is 26.1 Å². The van der Waals surface area contributed by atoms with Gasteiger partial charge in [0.15, 0.2) is 0 Å². The number of hydrogen-bond donors (Lipinski definition) is 2. The van der Waals surface area contributed by atoms with Gasteiger partial charge in [0.1, 0.15) is 12.4 Å². The maximum absolute atomic E-state index is 13.1. The Hall–Kier alpha value is -2.45. The van der Waals surface area contributed by atoms with Crippen LogP contribution in [0.1, 0.15) is 22.7 Å². The quantitative estimate of drug-likeness (QED) is 0.837. The summed E-state index contributed by atoms with van der Waals surface area (Å²) in [6, 6.07) is 2.50. The van der Waals surface area contributed by atoms with E-state index in [0.29, 0.717) is 5.75 Å². The van der Waals surface area contributed by atoms with Crippen LogP contribution in [0.15, 0.2) is 12.1 Å². The number of ether oxygens (including phenoxy) is 1. The first-order valence-corrected chi connectivity index (χ1v) is 8.17. The largest absolute Gasteiger partial charge is 0.490 e. The topological polar surface area (TPSA) is 78.9 Å². The molecule has 2 amide bonds. The summed E-state index contributed by atoms with van der Waals surface area (Å²) < 4.78 is 44.8. The molecular formula is C17H19F3N2O4. The van der Waals surface area contributed by atoms with Crippen molar-refractivity contribution in [1.29, 1.82) is 0 Å². The number of rotatable bonds is 2. The number of aryl methyl sites for hydroxylation is 1. The first-order chi connectivity index (χ1) is 12.1. The third-order valence-corrected chi connectivity index (χ3v) is 5.12. The van der Waals surface area contributed by atoms with Crippen molar-refractivity contribution in [3.05, 3.63) is 28.8 Å². The van der Waals surface area contributed by atoms with Crippen molar-refractivity contribution in [2.24, 2.45) is 11.8 Å². The molecule has 1 aromatic rings. The zero-order valence-corrected chi connectivity index (χ0v) is 14.3. The van der Waals surface area contributed by atoms with Crippen LogP contribution in [0.4, 0.5) is 18.0 Å². The van der Waals surface area contributed by atoms with Crippen molar-refractivity contribution in [2.75, 3.05) is 19.7 Å². The molecule has 26 heavy (non-hydrogen) atoms. The SMILES string of the molecule is Cc1ccc2c(c1C)OCC2NC(=O)N1C[C@@H](C(F)(F)F)[C@H](C(=O)O)C1. The number of alkyl halides is 3. The molecule has 0 radical (unpaired) electrons. The number of nitrogens with zero attached hydrogens (tertiary/aromatic N) is 1. The third-order valence-electron chi connectivity index (χ3n) is 5.12. The van der Waals surface area contributed by atoms with Gasteiger partial charge in [0.2, 0.25) is 0 Å². The van der Waals surface area contributed by atoms with Gasteiger partial charge in [-0.2, -0.15) is 13.2 Å². The number of likely N-dealkylation sites (tertiary alicyclic amines) is 1. The van der Waals surface area contributed by atoms with Gasteiger partial charge in [-0.25, -0.2) is 4.79 Å². The Morgan fingerprint density at radius 1 is 1.27 bits per heavy atom. The van der Waals surface area contributed by atoms with Crippen LogP contribution in [0.3, 0.4) is 0 Å². The predicted molar refractivity (Wildman–Crippen MR) is 84.9 cm³/mol. The molecular weight excluding hydrogens is 353 g/mol. The van der Waals surface area contributed by atoms with Crippen LogP contribution < -0.4 is 10.1 Å². The summed E-state index contributed by atoms with van der Waals surface area (Å²) >= 11 is 0. The van der Waals surface area contributed by atoms with Gasteiger partial charge in [0, 0.05) is 18.7 Å². The van der Waals surface area contributed by atoms with E-state index >= 15 is 0 Å². The Morgan fingerprint density at radius 3 is 2.54 bits per heavy atom. The lowest BCUT2D eigenvalue weighted by Crippen LogP contribution is -2.41. The van der Waals surface area contributed by atoms with Crippen molar-refractivity contribution in [1.82, 2.24) is 10.2 Å². The number of benzene rings is 1. The van der Waals surface area contributed by atoms with Gasteiger partial charge in [-0.1, -0.05) is 12.1 Å². The normalized spacial score (nSPS) is 25.0. The highest BCUT2D eigenvalue weighted by Crippen LogP contribution is 2.39. The zero-order valence-electron chi connectivity index (χ0n) is 14.3. The third kappa shape index (κ3) is 3.17. The van der Waals surface area contributed by atoms with Crippen molar-refractivity contribution >= 4 is 12.0 Å². The summed E-state index contributed by atoms with van der Waals surface area (Å²) in [5.41, 5.74) is 2.75. The van der Waals surface area contributed by atoms with Gasteiger partial charge in [0.05, 0.1) is 17.9 Å². The van der Waals surface area contributed by atoms with E-state index in [-0.39, 0.29) is 6.61 Å². The Bertz CT molecular complexity index is 750. The summed E-state index contributed by atoms with van der Waals surface area (Å²) in [6.07, 6.45) is -4.67. The van der Waals surface area contributed by atoms with Crippen molar-refractivity contribution in [3.8, 4) is 5.75 Å². The molecule has 6 nitrogen and oxygen atoms in total. The smallest absolute Gasteiger partial charge is 0.394 e. The number of urea groups is 1. The Balaban J connectivity index is 1.73. The van der Waals surface area contributed by atoms with Crippen LogP contribution in [-0.4, -0.2) is 47.9 Å². The minimum atomic E-state index is -4.67. The number of carbonyl (C=O) groups is 2. The van der Waals surface area contributed by atoms with Gasteiger partial charge in [0.25, 0.3) is 0 Å². The van der Waals surface area contributed by atoms with E-state index in [4.69, 9.17) is 9.84 Å². The van der Waals surface area contributed by atoms with Crippen LogP contribution in [0.2, 0.25) is 0 Å². The van der Waals surface area contributed by atoms with Gasteiger partial charge in [-0.05, 0) is 25.0 Å². The van der Waals surface area contributed by atoms with Crippen LogP contribution >= 0.6 is 0 Å². The van der Waals surface area contributed by atoms with E-state index in [1.165, 1.54) is 0 Å². The Morgan fingerprint density at radius 2 is 1.96 bits per heavy atom. The molecule has 2 aliphatic heterocycles. The van der Waals surface area contributed by atoms with Gasteiger partial charge < -0.3 is 20.1 Å². The molecule has 0 spiro atoms. The zero-order chi connectivity index (χ0) is 19.2. The fourth-order valence-electron chi connectivity index (χ4n) is 3.44. The van der Waals surface area contributed by atoms with Gasteiger partial charge in [-0.15, -0.1) is 0 Å². The maximum Gasteiger partial charge on any atom is 0.394 e. The van der Waals surface area contributed by atoms with Gasteiger partial charge in [-0.3, -0.25) is 4.79 Å². The number of amides is 2. The fourth-order valence-corrected chi connectivity index (χ4v) is 3.44. The number of carboxylic acid groups (broad SMARTS) is 1. The lowest BCUT2D eigenvalue weighted by Gasteiger charge is -2.21. The first kappa shape index (κ1) is 18.3.